The summed E-state index contributed by atoms with van der Waals surface area (Å²) in [5.41, 5.74) is 6.02. The van der Waals surface area contributed by atoms with Crippen molar-refractivity contribution in [3.63, 3.8) is 0 Å². The van der Waals surface area contributed by atoms with Gasteiger partial charge in [-0.1, -0.05) is 30.7 Å². The number of anilines is 1. The van der Waals surface area contributed by atoms with Gasteiger partial charge in [-0.25, -0.2) is 4.98 Å². The van der Waals surface area contributed by atoms with Gasteiger partial charge in [0.25, 0.3) is 5.91 Å². The molecule has 5 rings (SSSR count). The number of aromatic nitrogens is 3. The van der Waals surface area contributed by atoms with Crippen LogP contribution < -0.4 is 10.1 Å². The summed E-state index contributed by atoms with van der Waals surface area (Å²) >= 11 is 6.76. The predicted molar refractivity (Wildman–Crippen MR) is 156 cm³/mol. The lowest BCUT2D eigenvalue weighted by Gasteiger charge is -2.33. The Morgan fingerprint density at radius 2 is 1.72 bits per heavy atom. The molecule has 0 unspecified atom stereocenters. The molecule has 2 aromatic heterocycles. The highest BCUT2D eigenvalue weighted by atomic mass is 35.5. The molecule has 4 aromatic rings. The summed E-state index contributed by atoms with van der Waals surface area (Å²) in [6, 6.07) is 9.41. The highest BCUT2D eigenvalue weighted by Gasteiger charge is 2.21. The first-order valence-corrected chi connectivity index (χ1v) is 13.6. The van der Waals surface area contributed by atoms with E-state index in [-0.39, 0.29) is 5.91 Å². The molecule has 202 valence electrons. The Hall–Kier alpha value is -3.59. The molecule has 0 atom stereocenters. The molecule has 3 heterocycles. The summed E-state index contributed by atoms with van der Waals surface area (Å²) in [4.78, 5) is 31.8. The number of amides is 1. The van der Waals surface area contributed by atoms with Crippen LogP contribution in [0.1, 0.15) is 34.0 Å². The second kappa shape index (κ2) is 11.7. The Morgan fingerprint density at radius 3 is 2.38 bits per heavy atom. The smallest absolute Gasteiger partial charge is 0.259 e. The molecule has 1 aliphatic rings. The van der Waals surface area contributed by atoms with Crippen LogP contribution >= 0.6 is 11.6 Å². The lowest BCUT2D eigenvalue weighted by Crippen LogP contribution is -2.45. The zero-order valence-electron chi connectivity index (χ0n) is 22.8. The van der Waals surface area contributed by atoms with Gasteiger partial charge in [0, 0.05) is 68.0 Å². The average molecular weight is 545 g/mol. The Kier molecular flexibility index (Phi) is 8.07. The van der Waals surface area contributed by atoms with Gasteiger partial charge in [-0.2, -0.15) is 0 Å². The van der Waals surface area contributed by atoms with E-state index in [4.69, 9.17) is 16.3 Å². The van der Waals surface area contributed by atoms with Crippen molar-refractivity contribution in [3.05, 3.63) is 76.2 Å². The van der Waals surface area contributed by atoms with Crippen LogP contribution in [-0.4, -0.2) is 70.5 Å². The number of carbonyl (C=O) groups is 1. The maximum Gasteiger partial charge on any atom is 0.259 e. The SMILES string of the molecule is CCN1CCN(Cc2ccc(NC(=O)c3ccc(-c4c(C)c(OC)cc(C)c4Cl)c4nccnc34)nc2)CC1. The highest BCUT2D eigenvalue weighted by molar-refractivity contribution is 6.35. The number of nitrogens with zero attached hydrogens (tertiary/aromatic N) is 5. The fourth-order valence-electron chi connectivity index (χ4n) is 5.12. The Morgan fingerprint density at radius 1 is 1.00 bits per heavy atom. The third-order valence-corrected chi connectivity index (χ3v) is 7.89. The molecule has 2 aromatic carbocycles. The minimum Gasteiger partial charge on any atom is -0.496 e. The quantitative estimate of drug-likeness (QED) is 0.335. The third kappa shape index (κ3) is 5.59. The van der Waals surface area contributed by atoms with Gasteiger partial charge in [-0.15, -0.1) is 0 Å². The monoisotopic (exact) mass is 544 g/mol. The maximum absolute atomic E-state index is 13.3. The summed E-state index contributed by atoms with van der Waals surface area (Å²) in [5.74, 6) is 0.930. The van der Waals surface area contributed by atoms with Crippen molar-refractivity contribution in [1.82, 2.24) is 24.8 Å². The van der Waals surface area contributed by atoms with Gasteiger partial charge in [-0.05, 0) is 49.7 Å². The summed E-state index contributed by atoms with van der Waals surface area (Å²) in [6.07, 6.45) is 5.03. The van der Waals surface area contributed by atoms with E-state index in [0.29, 0.717) is 27.4 Å². The molecule has 0 radical (unpaired) electrons. The Balaban J connectivity index is 1.38. The zero-order chi connectivity index (χ0) is 27.5. The standard InChI is InChI=1S/C30H33ClN6O2/c1-5-36-12-14-37(15-13-36)18-21-6-9-25(34-17-21)35-30(38)23-8-7-22(28-29(23)33-11-10-32-28)26-20(3)24(39-4)16-19(2)27(26)31/h6-11,16-17H,5,12-15,18H2,1-4H3,(H,34,35,38). The Bertz CT molecular complexity index is 1500. The van der Waals surface area contributed by atoms with Crippen LogP contribution in [0.3, 0.4) is 0 Å². The molecule has 0 bridgehead atoms. The van der Waals surface area contributed by atoms with Crippen LogP contribution in [0.4, 0.5) is 5.82 Å². The number of benzene rings is 2. The summed E-state index contributed by atoms with van der Waals surface area (Å²) in [7, 11) is 1.64. The summed E-state index contributed by atoms with van der Waals surface area (Å²) < 4.78 is 5.57. The number of ether oxygens (including phenoxy) is 1. The van der Waals surface area contributed by atoms with Crippen LogP contribution in [-0.2, 0) is 6.54 Å². The molecular formula is C30H33ClN6O2. The molecule has 1 aliphatic heterocycles. The average Bonchev–Trinajstić information content (AvgIpc) is 2.96. The van der Waals surface area contributed by atoms with Crippen LogP contribution in [0.2, 0.25) is 5.02 Å². The first kappa shape index (κ1) is 27.0. The number of aryl methyl sites for hydroxylation is 1. The zero-order valence-corrected chi connectivity index (χ0v) is 23.5. The second-order valence-electron chi connectivity index (χ2n) is 9.84. The Labute approximate surface area is 234 Å². The predicted octanol–water partition coefficient (Wildman–Crippen LogP) is 5.36. The van der Waals surface area contributed by atoms with E-state index >= 15 is 0 Å². The van der Waals surface area contributed by atoms with E-state index in [9.17, 15) is 4.79 Å². The van der Waals surface area contributed by atoms with Crippen LogP contribution in [0, 0.1) is 13.8 Å². The van der Waals surface area contributed by atoms with E-state index < -0.39 is 0 Å². The molecule has 8 nitrogen and oxygen atoms in total. The maximum atomic E-state index is 13.3. The van der Waals surface area contributed by atoms with Crippen molar-refractivity contribution < 1.29 is 9.53 Å². The molecule has 1 fully saturated rings. The molecule has 0 saturated carbocycles. The number of hydrogen-bond donors (Lipinski definition) is 1. The van der Waals surface area contributed by atoms with Gasteiger partial charge in [0.2, 0.25) is 0 Å². The van der Waals surface area contributed by atoms with Crippen molar-refractivity contribution in [3.8, 4) is 16.9 Å². The van der Waals surface area contributed by atoms with Gasteiger partial charge < -0.3 is 15.0 Å². The van der Waals surface area contributed by atoms with Crippen LogP contribution in [0.5, 0.6) is 5.75 Å². The normalized spacial score (nSPS) is 14.5. The van der Waals surface area contributed by atoms with E-state index in [0.717, 1.165) is 72.8 Å². The highest BCUT2D eigenvalue weighted by Crippen LogP contribution is 2.41. The molecular weight excluding hydrogens is 512 g/mol. The number of methoxy groups -OCH3 is 1. The largest absolute Gasteiger partial charge is 0.496 e. The number of halogens is 1. The van der Waals surface area contributed by atoms with E-state index in [1.807, 2.05) is 44.3 Å². The fraction of sp³-hybridized carbons (Fsp3) is 0.333. The number of nitrogens with one attached hydrogen (secondary N) is 1. The molecule has 1 N–H and O–H groups in total. The minimum absolute atomic E-state index is 0.298. The fourth-order valence-corrected chi connectivity index (χ4v) is 5.42. The molecule has 1 amide bonds. The topological polar surface area (TPSA) is 83.5 Å². The third-order valence-electron chi connectivity index (χ3n) is 7.40. The van der Waals surface area contributed by atoms with Crippen molar-refractivity contribution in [1.29, 1.82) is 0 Å². The molecule has 39 heavy (non-hydrogen) atoms. The van der Waals surface area contributed by atoms with Gasteiger partial charge in [0.15, 0.2) is 0 Å². The second-order valence-corrected chi connectivity index (χ2v) is 10.2. The number of pyridine rings is 1. The minimum atomic E-state index is -0.298. The van der Waals surface area contributed by atoms with Crippen LogP contribution in [0.25, 0.3) is 22.2 Å². The number of likely N-dealkylation sites (N-methyl/N-ethyl adjacent to an activating group) is 1. The van der Waals surface area contributed by atoms with Gasteiger partial charge in [-0.3, -0.25) is 19.7 Å². The van der Waals surface area contributed by atoms with Crippen molar-refractivity contribution in [2.45, 2.75) is 27.3 Å². The van der Waals surface area contributed by atoms with Crippen LogP contribution in [0.15, 0.2) is 48.9 Å². The van der Waals surface area contributed by atoms with E-state index in [1.54, 1.807) is 25.6 Å². The van der Waals surface area contributed by atoms with Gasteiger partial charge in [0.1, 0.15) is 17.1 Å². The van der Waals surface area contributed by atoms with Gasteiger partial charge >= 0.3 is 0 Å². The lowest BCUT2D eigenvalue weighted by molar-refractivity contribution is 0.102. The van der Waals surface area contributed by atoms with Crippen molar-refractivity contribution in [2.24, 2.45) is 0 Å². The first-order chi connectivity index (χ1) is 18.9. The van der Waals surface area contributed by atoms with E-state index in [1.165, 1.54) is 0 Å². The van der Waals surface area contributed by atoms with Gasteiger partial charge in [0.05, 0.1) is 23.2 Å². The molecule has 9 heteroatoms. The summed E-state index contributed by atoms with van der Waals surface area (Å²) in [6.45, 7) is 12.3. The summed E-state index contributed by atoms with van der Waals surface area (Å²) in [5, 5.41) is 3.54. The number of fused-ring (bicyclic) bond motifs is 1. The lowest BCUT2D eigenvalue weighted by atomic mass is 9.94. The van der Waals surface area contributed by atoms with Crippen molar-refractivity contribution in [2.75, 3.05) is 45.2 Å². The first-order valence-electron chi connectivity index (χ1n) is 13.2. The number of piperazine rings is 1. The molecule has 0 spiro atoms. The molecule has 1 saturated heterocycles. The van der Waals surface area contributed by atoms with Crippen molar-refractivity contribution >= 4 is 34.4 Å². The molecule has 0 aliphatic carbocycles. The number of carbonyl (C=O) groups excluding carboxylic acids is 1. The number of rotatable bonds is 7. The van der Waals surface area contributed by atoms with E-state index in [2.05, 4.69) is 37.0 Å². The number of hydrogen-bond acceptors (Lipinski definition) is 7.